The molecule has 1 atom stereocenters. The second-order valence-electron chi connectivity index (χ2n) is 8.26. The van der Waals surface area contributed by atoms with E-state index >= 15 is 0 Å². The molecule has 0 saturated carbocycles. The van der Waals surface area contributed by atoms with Crippen LogP contribution in [0, 0.1) is 13.8 Å². The first-order valence-corrected chi connectivity index (χ1v) is 12.8. The summed E-state index contributed by atoms with van der Waals surface area (Å²) in [7, 11) is 0. The van der Waals surface area contributed by atoms with Crippen molar-refractivity contribution < 1.29 is 15.0 Å². The minimum absolute atomic E-state index is 0.271. The van der Waals surface area contributed by atoms with Crippen LogP contribution in [0.2, 0.25) is 0 Å². The molecule has 4 nitrogen and oxygen atoms in total. The van der Waals surface area contributed by atoms with Crippen molar-refractivity contribution in [2.75, 3.05) is 12.9 Å². The van der Waals surface area contributed by atoms with Crippen LogP contribution in [-0.2, 0) is 17.6 Å². The number of nitrogens with two attached hydrogens (primary N) is 1. The summed E-state index contributed by atoms with van der Waals surface area (Å²) in [6, 6.07) is 26.9. The fourth-order valence-electron chi connectivity index (χ4n) is 3.19. The molecule has 0 fully saturated rings. The molecule has 3 rings (SSSR count). The van der Waals surface area contributed by atoms with Crippen LogP contribution in [0.4, 0.5) is 0 Å². The van der Waals surface area contributed by atoms with E-state index < -0.39 is 18.1 Å². The first-order valence-electron chi connectivity index (χ1n) is 11.6. The van der Waals surface area contributed by atoms with E-state index in [-0.39, 0.29) is 6.42 Å². The number of aliphatic hydroxyl groups is 1. The lowest BCUT2D eigenvalue weighted by Crippen LogP contribution is -2.51. The van der Waals surface area contributed by atoms with Gasteiger partial charge in [-0.25, -0.2) is 0 Å². The summed E-state index contributed by atoms with van der Waals surface area (Å²) < 4.78 is 0. The van der Waals surface area contributed by atoms with Crippen LogP contribution in [0.25, 0.3) is 0 Å². The van der Waals surface area contributed by atoms with Crippen molar-refractivity contribution in [3.63, 3.8) is 0 Å². The van der Waals surface area contributed by atoms with Crippen molar-refractivity contribution in [2.24, 2.45) is 5.73 Å². The Morgan fingerprint density at radius 3 is 2.09 bits per heavy atom. The molecule has 5 heteroatoms. The Morgan fingerprint density at radius 1 is 0.971 bits per heavy atom. The summed E-state index contributed by atoms with van der Waals surface area (Å²) in [5.74, 6) is -1.15. The Morgan fingerprint density at radius 2 is 1.62 bits per heavy atom. The molecule has 0 bridgehead atoms. The lowest BCUT2D eigenvalue weighted by molar-refractivity contribution is -0.145. The summed E-state index contributed by atoms with van der Waals surface area (Å²) >= 11 is 1.78. The predicted octanol–water partition coefficient (Wildman–Crippen LogP) is 6.06. The van der Waals surface area contributed by atoms with E-state index in [2.05, 4.69) is 68.6 Å². The molecule has 0 saturated heterocycles. The van der Waals surface area contributed by atoms with Gasteiger partial charge in [0.1, 0.15) is 5.54 Å². The topological polar surface area (TPSA) is 83.5 Å². The van der Waals surface area contributed by atoms with Crippen LogP contribution in [-0.4, -0.2) is 34.6 Å². The number of aliphatic hydroxyl groups excluding tert-OH is 1. The molecular weight excluding hydrogens is 442 g/mol. The molecule has 0 aliphatic carbocycles. The smallest absolute Gasteiger partial charge is 0.326 e. The van der Waals surface area contributed by atoms with Gasteiger partial charge in [0.15, 0.2) is 0 Å². The molecular formula is C29H39NO3S. The van der Waals surface area contributed by atoms with Crippen LogP contribution in [0.5, 0.6) is 0 Å². The first kappa shape index (κ1) is 29.4. The number of carbonyl (C=O) groups is 1. The van der Waals surface area contributed by atoms with Crippen LogP contribution < -0.4 is 5.73 Å². The number of rotatable bonds is 8. The van der Waals surface area contributed by atoms with Gasteiger partial charge in [-0.15, -0.1) is 11.8 Å². The third-order valence-electron chi connectivity index (χ3n) is 5.51. The van der Waals surface area contributed by atoms with Crippen LogP contribution in [0.1, 0.15) is 42.0 Å². The van der Waals surface area contributed by atoms with Gasteiger partial charge in [0, 0.05) is 4.90 Å². The van der Waals surface area contributed by atoms with E-state index in [4.69, 9.17) is 15.9 Å². The Hall–Kier alpha value is -2.60. The lowest BCUT2D eigenvalue weighted by Gasteiger charge is -2.21. The number of carboxylic acid groups (broad SMARTS) is 1. The number of hydrogen-bond acceptors (Lipinski definition) is 4. The van der Waals surface area contributed by atoms with E-state index in [0.29, 0.717) is 6.42 Å². The van der Waals surface area contributed by atoms with E-state index in [9.17, 15) is 4.79 Å². The van der Waals surface area contributed by atoms with E-state index in [1.54, 1.807) is 11.8 Å². The second kappa shape index (κ2) is 16.1. The van der Waals surface area contributed by atoms with E-state index in [1.165, 1.54) is 27.1 Å². The van der Waals surface area contributed by atoms with Gasteiger partial charge in [0.25, 0.3) is 0 Å². The van der Waals surface area contributed by atoms with Crippen molar-refractivity contribution in [1.29, 1.82) is 0 Å². The van der Waals surface area contributed by atoms with Gasteiger partial charge in [-0.3, -0.25) is 4.79 Å². The van der Waals surface area contributed by atoms with Crippen molar-refractivity contribution >= 4 is 17.7 Å². The minimum Gasteiger partial charge on any atom is -0.480 e. The highest BCUT2D eigenvalue weighted by atomic mass is 32.2. The van der Waals surface area contributed by atoms with Crippen LogP contribution in [0.3, 0.4) is 0 Å². The quantitative estimate of drug-likeness (QED) is 0.341. The molecule has 4 N–H and O–H groups in total. The number of aliphatic carboxylic acids is 1. The summed E-state index contributed by atoms with van der Waals surface area (Å²) in [4.78, 5) is 12.2. The van der Waals surface area contributed by atoms with Gasteiger partial charge in [-0.2, -0.15) is 0 Å². The highest BCUT2D eigenvalue weighted by molar-refractivity contribution is 7.98. The predicted molar refractivity (Wildman–Crippen MR) is 145 cm³/mol. The molecule has 0 radical (unpaired) electrons. The molecule has 0 aromatic heterocycles. The summed E-state index contributed by atoms with van der Waals surface area (Å²) in [5, 5.41) is 17.9. The maximum atomic E-state index is 10.9. The highest BCUT2D eigenvalue weighted by Crippen LogP contribution is 2.16. The van der Waals surface area contributed by atoms with Gasteiger partial charge in [-0.05, 0) is 74.6 Å². The average molecular weight is 482 g/mol. The van der Waals surface area contributed by atoms with Crippen LogP contribution in [0.15, 0.2) is 83.8 Å². The van der Waals surface area contributed by atoms with Crippen molar-refractivity contribution in [1.82, 2.24) is 0 Å². The monoisotopic (exact) mass is 481 g/mol. The molecule has 184 valence electrons. The lowest BCUT2D eigenvalue weighted by atomic mass is 9.92. The second-order valence-corrected chi connectivity index (χ2v) is 9.14. The first-order chi connectivity index (χ1) is 16.3. The van der Waals surface area contributed by atoms with Crippen molar-refractivity contribution in [3.8, 4) is 0 Å². The molecule has 3 aromatic carbocycles. The summed E-state index contributed by atoms with van der Waals surface area (Å²) in [5.41, 5.74) is 9.21. The molecule has 34 heavy (non-hydrogen) atoms. The fraction of sp³-hybridized carbons (Fsp3) is 0.345. The fourth-order valence-corrected chi connectivity index (χ4v) is 3.71. The number of thioether (sulfide) groups is 1. The number of hydrogen-bond donors (Lipinski definition) is 3. The molecule has 0 spiro atoms. The Balaban J connectivity index is 0.000000284. The number of carboxylic acids is 1. The number of benzene rings is 3. The van der Waals surface area contributed by atoms with Gasteiger partial charge < -0.3 is 15.9 Å². The Kier molecular flexibility index (Phi) is 13.9. The third-order valence-corrected chi connectivity index (χ3v) is 6.24. The van der Waals surface area contributed by atoms with Crippen molar-refractivity contribution in [3.05, 3.63) is 101 Å². The van der Waals surface area contributed by atoms with Gasteiger partial charge >= 0.3 is 5.97 Å². The van der Waals surface area contributed by atoms with E-state index in [1.807, 2.05) is 37.3 Å². The van der Waals surface area contributed by atoms with Crippen molar-refractivity contribution in [2.45, 2.75) is 56.9 Å². The molecule has 0 amide bonds. The maximum absolute atomic E-state index is 10.9. The average Bonchev–Trinajstić information content (AvgIpc) is 2.86. The molecule has 0 heterocycles. The van der Waals surface area contributed by atoms with Gasteiger partial charge in [0.05, 0.1) is 6.61 Å². The standard InChI is InChI=1S/C13H19NO3.C8H10S.C8H10/c1-10-5-2-3-6-11(10)7-4-8-13(14,9-15)12(16)17;1-7-4-3-5-8(6-7)9-2;1-2-8-6-4-3-5-7-8/h2-3,5-6,15H,4,7-9,14H2,1H3,(H,16,17);3-6H,1-2H3;3-7H,2H2,1H3. The van der Waals surface area contributed by atoms with E-state index in [0.717, 1.165) is 12.8 Å². The maximum Gasteiger partial charge on any atom is 0.326 e. The Bertz CT molecular complexity index is 978. The zero-order valence-electron chi connectivity index (χ0n) is 20.8. The normalized spacial score (nSPS) is 11.8. The molecule has 1 unspecified atom stereocenters. The largest absolute Gasteiger partial charge is 0.480 e. The minimum atomic E-state index is -1.51. The van der Waals surface area contributed by atoms with Crippen LogP contribution >= 0.6 is 11.8 Å². The Labute approximate surface area is 209 Å². The summed E-state index contributed by atoms with van der Waals surface area (Å²) in [6.07, 6.45) is 4.93. The molecule has 0 aliphatic heterocycles. The highest BCUT2D eigenvalue weighted by Gasteiger charge is 2.32. The van der Waals surface area contributed by atoms with Gasteiger partial charge in [-0.1, -0.05) is 79.2 Å². The molecule has 0 aliphatic rings. The zero-order chi connectivity index (χ0) is 25.4. The van der Waals surface area contributed by atoms with Gasteiger partial charge in [0.2, 0.25) is 0 Å². The third kappa shape index (κ3) is 11.0. The number of aryl methyl sites for hydroxylation is 4. The SMILES string of the molecule is CCc1ccccc1.CSc1cccc(C)c1.Cc1ccccc1CCCC(N)(CO)C(=O)O. The summed E-state index contributed by atoms with van der Waals surface area (Å²) in [6.45, 7) is 5.76. The zero-order valence-corrected chi connectivity index (χ0v) is 21.6. The molecule has 3 aromatic rings.